The van der Waals surface area contributed by atoms with Gasteiger partial charge in [0.1, 0.15) is 34.4 Å². The van der Waals surface area contributed by atoms with E-state index >= 15 is 0 Å². The molecule has 12 heterocycles. The molecule has 0 aliphatic rings. The highest BCUT2D eigenvalue weighted by Gasteiger charge is 2.21. The lowest BCUT2D eigenvalue weighted by molar-refractivity contribution is -0.123. The van der Waals surface area contributed by atoms with Crippen LogP contribution in [0, 0.1) is 0 Å². The van der Waals surface area contributed by atoms with Crippen LogP contribution in [-0.4, -0.2) is 115 Å². The molecule has 28 nitrogen and oxygen atoms in total. The van der Waals surface area contributed by atoms with Crippen molar-refractivity contribution in [3.05, 3.63) is 183 Å². The molecule has 12 aromatic rings. The summed E-state index contributed by atoms with van der Waals surface area (Å²) in [5.74, 6) is 1.27. The number of nitrogens with one attached hydrogen (secondary N) is 4. The largest absolute Gasteiger partial charge is 0.483 e. The lowest BCUT2D eigenvalue weighted by Crippen LogP contribution is -2.11. The first-order chi connectivity index (χ1) is 40.2. The molecule has 0 saturated heterocycles. The summed E-state index contributed by atoms with van der Waals surface area (Å²) < 4.78 is 25.1. The molecule has 0 bridgehead atoms. The summed E-state index contributed by atoms with van der Waals surface area (Å²) in [5.41, 5.74) is 7.91. The van der Waals surface area contributed by atoms with Crippen molar-refractivity contribution in [3.63, 3.8) is 0 Å². The zero-order valence-corrected chi connectivity index (χ0v) is 44.7. The summed E-state index contributed by atoms with van der Waals surface area (Å²) in [6, 6.07) is 26.7. The van der Waals surface area contributed by atoms with Gasteiger partial charge in [0, 0.05) is 91.0 Å². The minimum Gasteiger partial charge on any atom is -0.483 e. The maximum absolute atomic E-state index is 12.6. The van der Waals surface area contributed by atoms with Gasteiger partial charge in [0.05, 0.1) is 69.4 Å². The van der Waals surface area contributed by atoms with Gasteiger partial charge in [0.15, 0.2) is 17.3 Å². The van der Waals surface area contributed by atoms with Crippen molar-refractivity contribution in [2.75, 3.05) is 16.0 Å². The number of anilines is 3. The molecule has 12 rings (SSSR count). The summed E-state index contributed by atoms with van der Waals surface area (Å²) >= 11 is 0. The molecule has 420 valence electrons. The highest BCUT2D eigenvalue weighted by molar-refractivity contribution is 6.06. The predicted molar refractivity (Wildman–Crippen MR) is 299 cm³/mol. The smallest absolute Gasteiger partial charge is 0.291 e. The molecule has 0 fully saturated rings. The van der Waals surface area contributed by atoms with Crippen LogP contribution in [0.4, 0.5) is 17.1 Å². The number of aromatic nitrogens is 15. The lowest BCUT2D eigenvalue weighted by Gasteiger charge is -2.03. The monoisotopic (exact) mass is 1120 g/mol. The molecule has 0 atom stereocenters. The van der Waals surface area contributed by atoms with Gasteiger partial charge in [-0.1, -0.05) is 18.2 Å². The summed E-state index contributed by atoms with van der Waals surface area (Å²) in [4.78, 5) is 67.2. The van der Waals surface area contributed by atoms with Crippen molar-refractivity contribution in [1.29, 1.82) is 0 Å². The Morgan fingerprint density at radius 2 is 0.795 bits per heavy atom. The molecule has 0 unspecified atom stereocenters. The molecule has 0 spiro atoms. The fourth-order valence-corrected chi connectivity index (χ4v) is 7.70. The van der Waals surface area contributed by atoms with Crippen molar-refractivity contribution in [2.24, 2.45) is 35.2 Å². The zero-order chi connectivity index (χ0) is 58.8. The topological polar surface area (TPSA) is 358 Å². The molecule has 28 heteroatoms. The van der Waals surface area contributed by atoms with Crippen LogP contribution in [0.25, 0.3) is 68.1 Å². The van der Waals surface area contributed by atoms with Gasteiger partial charge in [0.2, 0.25) is 0 Å². The molecule has 0 aliphatic heterocycles. The Bertz CT molecular complexity index is 3880. The number of carboxylic acid groups (broad SMARTS) is 2. The second-order valence-electron chi connectivity index (χ2n) is 17.2. The Labute approximate surface area is 469 Å². The van der Waals surface area contributed by atoms with Gasteiger partial charge in [-0.15, -0.1) is 0 Å². The SMILES string of the molecule is Cn1cc(-c2ccc(C(=O)Nc3cn(C)nc3-c3ccccn3)o2)cn1.Cn1cc(-c2ccc(C(=O)Nc3cn(C)nc3-c3ccccn3)o2)cn1.Cn1cc(NC(=O)c2ccc(-c3cn[nH]c3)o2)c(-c2ccccn2)n1.O=CO.O=CO. The third-order valence-corrected chi connectivity index (χ3v) is 11.2. The van der Waals surface area contributed by atoms with Crippen molar-refractivity contribution >= 4 is 47.7 Å². The molecule has 83 heavy (non-hydrogen) atoms. The first-order valence-corrected chi connectivity index (χ1v) is 24.5. The first-order valence-electron chi connectivity index (χ1n) is 24.5. The van der Waals surface area contributed by atoms with E-state index in [4.69, 9.17) is 33.1 Å². The van der Waals surface area contributed by atoms with E-state index in [0.29, 0.717) is 68.5 Å². The van der Waals surface area contributed by atoms with Crippen molar-refractivity contribution < 1.29 is 47.4 Å². The highest BCUT2D eigenvalue weighted by Crippen LogP contribution is 2.30. The van der Waals surface area contributed by atoms with Gasteiger partial charge >= 0.3 is 0 Å². The molecule has 0 radical (unpaired) electrons. The van der Waals surface area contributed by atoms with Gasteiger partial charge in [-0.2, -0.15) is 30.6 Å². The maximum Gasteiger partial charge on any atom is 0.291 e. The van der Waals surface area contributed by atoms with Crippen LogP contribution in [0.5, 0.6) is 0 Å². The third-order valence-electron chi connectivity index (χ3n) is 11.2. The number of H-pyrrole nitrogens is 1. The number of hydrogen-bond acceptors (Lipinski definition) is 17. The average molecular weight is 1120 g/mol. The van der Waals surface area contributed by atoms with Crippen molar-refractivity contribution in [2.45, 2.75) is 0 Å². The minimum atomic E-state index is -0.361. The quantitative estimate of drug-likeness (QED) is 0.0642. The van der Waals surface area contributed by atoms with Crippen LogP contribution < -0.4 is 16.0 Å². The Hall–Kier alpha value is -12.1. The van der Waals surface area contributed by atoms with Gasteiger partial charge in [0.25, 0.3) is 30.7 Å². The van der Waals surface area contributed by atoms with E-state index in [1.807, 2.05) is 81.1 Å². The van der Waals surface area contributed by atoms with Crippen molar-refractivity contribution in [1.82, 2.24) is 74.1 Å². The first kappa shape index (κ1) is 57.1. The van der Waals surface area contributed by atoms with Gasteiger partial charge in [-0.3, -0.25) is 67.4 Å². The van der Waals surface area contributed by atoms with E-state index in [-0.39, 0.29) is 47.9 Å². The van der Waals surface area contributed by atoms with E-state index < -0.39 is 0 Å². The number of nitrogens with zero attached hydrogens (tertiary/aromatic N) is 14. The normalized spacial score (nSPS) is 10.3. The standard InChI is InChI=1S/2C18H16N6O2.C17H14N6O2.2CH2O2/c2*1-23-10-12(9-20-23)15-6-7-16(26-15)18(25)21-14-11-24(2)22-17(14)13-5-3-4-8-19-13;1-23-10-13(16(22-23)12-4-2-3-7-18-12)21-17(24)15-6-5-14(25-15)11-8-19-20-9-11;2*2-1-3/h2*3-11H,1-2H3,(H,21,25);2-10H,1H3,(H,19,20)(H,21,24);2*1H,(H,2,3). The number of furan rings is 3. The molecular formula is C55H50N18O10. The lowest BCUT2D eigenvalue weighted by atomic mass is 10.2. The molecule has 0 saturated carbocycles. The number of amides is 3. The van der Waals surface area contributed by atoms with Crippen molar-refractivity contribution in [3.8, 4) is 68.1 Å². The van der Waals surface area contributed by atoms with E-state index in [0.717, 1.165) is 16.7 Å². The highest BCUT2D eigenvalue weighted by atomic mass is 16.4. The predicted octanol–water partition coefficient (Wildman–Crippen LogP) is 7.57. The molecule has 0 aliphatic carbocycles. The number of aromatic amines is 1. The number of hydrogen-bond donors (Lipinski definition) is 6. The number of pyridine rings is 3. The van der Waals surface area contributed by atoms with Crippen LogP contribution in [0.15, 0.2) is 179 Å². The van der Waals surface area contributed by atoms with E-state index in [1.54, 1.807) is 143 Å². The summed E-state index contributed by atoms with van der Waals surface area (Å²) in [6.07, 6.45) is 20.6. The number of carbonyl (C=O) groups excluding carboxylic acids is 3. The van der Waals surface area contributed by atoms with Crippen LogP contribution in [0.1, 0.15) is 31.7 Å². The summed E-state index contributed by atoms with van der Waals surface area (Å²) in [7, 11) is 9.00. The molecule has 3 amide bonds. The second kappa shape index (κ2) is 27.0. The van der Waals surface area contributed by atoms with Gasteiger partial charge < -0.3 is 39.4 Å². The van der Waals surface area contributed by atoms with Gasteiger partial charge in [-0.25, -0.2) is 0 Å². The molecular weight excluding hydrogens is 1070 g/mol. The number of rotatable bonds is 12. The van der Waals surface area contributed by atoms with Crippen LogP contribution >= 0.6 is 0 Å². The van der Waals surface area contributed by atoms with Crippen LogP contribution in [0.2, 0.25) is 0 Å². The summed E-state index contributed by atoms with van der Waals surface area (Å²) in [6.45, 7) is -0.500. The maximum atomic E-state index is 12.6. The fourth-order valence-electron chi connectivity index (χ4n) is 7.70. The van der Waals surface area contributed by atoms with Crippen LogP contribution in [-0.2, 0) is 44.8 Å². The Morgan fingerprint density at radius 3 is 1.07 bits per heavy atom. The molecule has 6 N–H and O–H groups in total. The number of aryl methyl sites for hydroxylation is 5. The summed E-state index contributed by atoms with van der Waals surface area (Å²) in [5, 5.41) is 50.2. The van der Waals surface area contributed by atoms with E-state index in [9.17, 15) is 14.4 Å². The Kier molecular flexibility index (Phi) is 18.6. The fraction of sp³-hybridized carbons (Fsp3) is 0.0909. The Morgan fingerprint density at radius 1 is 0.458 bits per heavy atom. The Balaban J connectivity index is 0.000000155. The van der Waals surface area contributed by atoms with E-state index in [2.05, 4.69) is 66.6 Å². The minimum absolute atomic E-state index is 0.201. The second-order valence-corrected chi connectivity index (χ2v) is 17.2. The number of carbonyl (C=O) groups is 5. The average Bonchev–Trinajstić information content (AvgIpc) is 4.38. The van der Waals surface area contributed by atoms with Crippen LogP contribution in [0.3, 0.4) is 0 Å². The molecule has 12 aromatic heterocycles. The van der Waals surface area contributed by atoms with E-state index in [1.165, 1.54) is 0 Å². The van der Waals surface area contributed by atoms with Gasteiger partial charge in [-0.05, 0) is 72.8 Å². The zero-order valence-electron chi connectivity index (χ0n) is 44.7. The molecule has 0 aromatic carbocycles. The third kappa shape index (κ3) is 14.7.